The molecule has 2 aromatic heterocycles. The van der Waals surface area contributed by atoms with Crippen LogP contribution in [-0.2, 0) is 0 Å². The van der Waals surface area contributed by atoms with Crippen molar-refractivity contribution in [2.24, 2.45) is 5.92 Å². The first kappa shape index (κ1) is 14.7. The standard InChI is InChI=1S/C18H15ClN2OS/c19-15-5-3-13(4-6-15)16-11-23-18(21-16)14-7-8-20-17(9-14)22-10-12-1-2-12/h3-9,11-12H,1-2,10H2. The van der Waals surface area contributed by atoms with Crippen molar-refractivity contribution >= 4 is 22.9 Å². The Morgan fingerprint density at radius 3 is 2.74 bits per heavy atom. The lowest BCUT2D eigenvalue weighted by atomic mass is 10.2. The Bertz CT molecular complexity index is 812. The molecule has 1 saturated carbocycles. The summed E-state index contributed by atoms with van der Waals surface area (Å²) in [6.45, 7) is 0.768. The van der Waals surface area contributed by atoms with Gasteiger partial charge in [0.25, 0.3) is 0 Å². The summed E-state index contributed by atoms with van der Waals surface area (Å²) in [6, 6.07) is 11.7. The van der Waals surface area contributed by atoms with Crippen molar-refractivity contribution in [2.75, 3.05) is 6.61 Å². The number of hydrogen-bond acceptors (Lipinski definition) is 4. The summed E-state index contributed by atoms with van der Waals surface area (Å²) in [5, 5.41) is 3.76. The molecule has 2 heterocycles. The maximum absolute atomic E-state index is 5.94. The Labute approximate surface area is 143 Å². The molecule has 0 atom stereocenters. The smallest absolute Gasteiger partial charge is 0.213 e. The van der Waals surface area contributed by atoms with E-state index in [1.165, 1.54) is 12.8 Å². The summed E-state index contributed by atoms with van der Waals surface area (Å²) in [5.41, 5.74) is 3.06. The fourth-order valence-electron chi connectivity index (χ4n) is 2.27. The quantitative estimate of drug-likeness (QED) is 0.630. The number of nitrogens with zero attached hydrogens (tertiary/aromatic N) is 2. The van der Waals surface area contributed by atoms with Gasteiger partial charge in [0.2, 0.25) is 5.88 Å². The molecule has 3 aromatic rings. The second-order valence-electron chi connectivity index (χ2n) is 5.68. The number of rotatable bonds is 5. The first-order valence-electron chi connectivity index (χ1n) is 7.58. The molecule has 1 aliphatic carbocycles. The fraction of sp³-hybridized carbons (Fsp3) is 0.222. The van der Waals surface area contributed by atoms with Gasteiger partial charge >= 0.3 is 0 Å². The maximum atomic E-state index is 5.94. The Hall–Kier alpha value is -1.91. The molecule has 1 aliphatic rings. The molecule has 5 heteroatoms. The summed E-state index contributed by atoms with van der Waals surface area (Å²) in [4.78, 5) is 9.00. The Kier molecular flexibility index (Phi) is 4.02. The summed E-state index contributed by atoms with van der Waals surface area (Å²) in [6.07, 6.45) is 4.33. The van der Waals surface area contributed by atoms with Gasteiger partial charge in [0.1, 0.15) is 5.01 Å². The van der Waals surface area contributed by atoms with Crippen molar-refractivity contribution in [3.63, 3.8) is 0 Å². The number of hydrogen-bond donors (Lipinski definition) is 0. The number of benzene rings is 1. The second-order valence-corrected chi connectivity index (χ2v) is 6.98. The molecule has 1 fully saturated rings. The predicted molar refractivity (Wildman–Crippen MR) is 94.0 cm³/mol. The monoisotopic (exact) mass is 342 g/mol. The van der Waals surface area contributed by atoms with Crippen LogP contribution in [0, 0.1) is 5.92 Å². The summed E-state index contributed by atoms with van der Waals surface area (Å²) in [7, 11) is 0. The third-order valence-electron chi connectivity index (χ3n) is 3.79. The molecule has 3 nitrogen and oxygen atoms in total. The van der Waals surface area contributed by atoms with E-state index in [9.17, 15) is 0 Å². The van der Waals surface area contributed by atoms with Crippen LogP contribution < -0.4 is 4.74 Å². The minimum Gasteiger partial charge on any atom is -0.477 e. The normalized spacial score (nSPS) is 14.0. The molecule has 0 N–H and O–H groups in total. The van der Waals surface area contributed by atoms with Crippen molar-refractivity contribution in [1.29, 1.82) is 0 Å². The van der Waals surface area contributed by atoms with E-state index < -0.39 is 0 Å². The average Bonchev–Trinajstić information content (AvgIpc) is 3.28. The number of ether oxygens (including phenoxy) is 1. The van der Waals surface area contributed by atoms with Crippen LogP contribution in [0.2, 0.25) is 5.02 Å². The van der Waals surface area contributed by atoms with Gasteiger partial charge in [-0.1, -0.05) is 23.7 Å². The minimum absolute atomic E-state index is 0.678. The predicted octanol–water partition coefficient (Wildman–Crippen LogP) is 5.31. The average molecular weight is 343 g/mol. The van der Waals surface area contributed by atoms with Crippen LogP contribution >= 0.6 is 22.9 Å². The topological polar surface area (TPSA) is 35.0 Å². The van der Waals surface area contributed by atoms with Crippen LogP contribution in [-0.4, -0.2) is 16.6 Å². The van der Waals surface area contributed by atoms with Crippen LogP contribution in [0.1, 0.15) is 12.8 Å². The second kappa shape index (κ2) is 6.30. The summed E-state index contributed by atoms with van der Waals surface area (Å²) < 4.78 is 5.75. The van der Waals surface area contributed by atoms with E-state index in [1.807, 2.05) is 36.4 Å². The lowest BCUT2D eigenvalue weighted by molar-refractivity contribution is 0.288. The van der Waals surface area contributed by atoms with Gasteiger partial charge in [-0.2, -0.15) is 0 Å². The molecular formula is C18H15ClN2OS. The van der Waals surface area contributed by atoms with E-state index in [2.05, 4.69) is 10.4 Å². The molecule has 0 saturated heterocycles. The number of aromatic nitrogens is 2. The van der Waals surface area contributed by atoms with Crippen molar-refractivity contribution in [1.82, 2.24) is 9.97 Å². The number of halogens is 1. The maximum Gasteiger partial charge on any atom is 0.213 e. The van der Waals surface area contributed by atoms with E-state index in [-0.39, 0.29) is 0 Å². The minimum atomic E-state index is 0.678. The molecular weight excluding hydrogens is 328 g/mol. The van der Waals surface area contributed by atoms with Gasteiger partial charge in [0.15, 0.2) is 0 Å². The molecule has 0 aliphatic heterocycles. The summed E-state index contributed by atoms with van der Waals surface area (Å²) >= 11 is 7.55. The van der Waals surface area contributed by atoms with Gasteiger partial charge in [-0.05, 0) is 37.0 Å². The van der Waals surface area contributed by atoms with Crippen LogP contribution in [0.4, 0.5) is 0 Å². The van der Waals surface area contributed by atoms with E-state index in [0.717, 1.165) is 39.4 Å². The van der Waals surface area contributed by atoms with E-state index >= 15 is 0 Å². The zero-order chi connectivity index (χ0) is 15.6. The molecule has 116 valence electrons. The number of pyridine rings is 1. The van der Waals surface area contributed by atoms with Crippen LogP contribution in [0.5, 0.6) is 5.88 Å². The van der Waals surface area contributed by atoms with Gasteiger partial charge in [0.05, 0.1) is 12.3 Å². The van der Waals surface area contributed by atoms with Crippen LogP contribution in [0.3, 0.4) is 0 Å². The Balaban J connectivity index is 1.55. The SMILES string of the molecule is Clc1ccc(-c2csc(-c3ccnc(OCC4CC4)c3)n2)cc1. The van der Waals surface area contributed by atoms with Crippen molar-refractivity contribution in [2.45, 2.75) is 12.8 Å². The highest BCUT2D eigenvalue weighted by molar-refractivity contribution is 7.13. The number of thiazole rings is 1. The van der Waals surface area contributed by atoms with Crippen molar-refractivity contribution in [3.8, 4) is 27.7 Å². The van der Waals surface area contributed by atoms with Crippen LogP contribution in [0.15, 0.2) is 48.0 Å². The molecule has 0 radical (unpaired) electrons. The zero-order valence-corrected chi connectivity index (χ0v) is 14.0. The van der Waals surface area contributed by atoms with Gasteiger partial charge < -0.3 is 4.74 Å². The Morgan fingerprint density at radius 1 is 1.13 bits per heavy atom. The lowest BCUT2D eigenvalue weighted by Gasteiger charge is -2.04. The van der Waals surface area contributed by atoms with Gasteiger partial charge in [-0.15, -0.1) is 11.3 Å². The summed E-state index contributed by atoms with van der Waals surface area (Å²) in [5.74, 6) is 1.40. The molecule has 23 heavy (non-hydrogen) atoms. The van der Waals surface area contributed by atoms with Crippen LogP contribution in [0.25, 0.3) is 21.8 Å². The lowest BCUT2D eigenvalue weighted by Crippen LogP contribution is -2.00. The van der Waals surface area contributed by atoms with E-state index in [4.69, 9.17) is 21.3 Å². The first-order valence-corrected chi connectivity index (χ1v) is 8.84. The van der Waals surface area contributed by atoms with Gasteiger partial charge in [-0.3, -0.25) is 0 Å². The molecule has 1 aromatic carbocycles. The highest BCUT2D eigenvalue weighted by Crippen LogP contribution is 2.32. The highest BCUT2D eigenvalue weighted by atomic mass is 35.5. The molecule has 0 bridgehead atoms. The van der Waals surface area contributed by atoms with E-state index in [1.54, 1.807) is 17.5 Å². The van der Waals surface area contributed by atoms with E-state index in [0.29, 0.717) is 5.88 Å². The third-order valence-corrected chi connectivity index (χ3v) is 4.93. The van der Waals surface area contributed by atoms with Crippen molar-refractivity contribution < 1.29 is 4.74 Å². The fourth-order valence-corrected chi connectivity index (χ4v) is 3.22. The molecule has 0 spiro atoms. The largest absolute Gasteiger partial charge is 0.477 e. The third kappa shape index (κ3) is 3.54. The van der Waals surface area contributed by atoms with Crippen molar-refractivity contribution in [3.05, 3.63) is 53.0 Å². The van der Waals surface area contributed by atoms with Gasteiger partial charge in [0, 0.05) is 33.8 Å². The highest BCUT2D eigenvalue weighted by Gasteiger charge is 2.22. The zero-order valence-electron chi connectivity index (χ0n) is 12.4. The molecule has 0 unspecified atom stereocenters. The first-order chi connectivity index (χ1) is 11.3. The van der Waals surface area contributed by atoms with Gasteiger partial charge in [-0.25, -0.2) is 9.97 Å². The molecule has 0 amide bonds. The molecule has 4 rings (SSSR count). The Morgan fingerprint density at radius 2 is 1.96 bits per heavy atom.